The second-order valence-corrected chi connectivity index (χ2v) is 7.88. The van der Waals surface area contributed by atoms with Gasteiger partial charge in [-0.1, -0.05) is 18.2 Å². The molecule has 0 spiro atoms. The summed E-state index contributed by atoms with van der Waals surface area (Å²) < 4.78 is 1.96. The first kappa shape index (κ1) is 18.7. The van der Waals surface area contributed by atoms with Crippen molar-refractivity contribution in [2.45, 2.75) is 39.5 Å². The van der Waals surface area contributed by atoms with Gasteiger partial charge < -0.3 is 9.80 Å². The van der Waals surface area contributed by atoms with Gasteiger partial charge in [-0.05, 0) is 50.8 Å². The molecular weight excluding hydrogens is 352 g/mol. The maximum atomic E-state index is 12.7. The van der Waals surface area contributed by atoms with Crippen LogP contribution in [0.2, 0.25) is 0 Å². The van der Waals surface area contributed by atoms with Crippen LogP contribution in [0.1, 0.15) is 36.2 Å². The van der Waals surface area contributed by atoms with Gasteiger partial charge in [-0.2, -0.15) is 5.10 Å². The second-order valence-electron chi connectivity index (χ2n) is 7.88. The van der Waals surface area contributed by atoms with E-state index in [0.717, 1.165) is 35.5 Å². The molecule has 1 aliphatic heterocycles. The van der Waals surface area contributed by atoms with E-state index >= 15 is 0 Å². The van der Waals surface area contributed by atoms with Crippen molar-refractivity contribution in [2.75, 3.05) is 26.2 Å². The Morgan fingerprint density at radius 2 is 1.64 bits per heavy atom. The number of carbonyl (C=O) groups excluding carboxylic acids is 2. The maximum Gasteiger partial charge on any atom is 0.225 e. The second kappa shape index (κ2) is 7.78. The maximum absolute atomic E-state index is 12.7. The number of hydrogen-bond acceptors (Lipinski definition) is 3. The zero-order chi connectivity index (χ0) is 19.7. The molecule has 6 heteroatoms. The van der Waals surface area contributed by atoms with Gasteiger partial charge in [0.05, 0.1) is 11.4 Å². The Morgan fingerprint density at radius 3 is 2.29 bits per heavy atom. The third kappa shape index (κ3) is 3.81. The van der Waals surface area contributed by atoms with Crippen LogP contribution in [0, 0.1) is 19.8 Å². The molecule has 0 atom stereocenters. The van der Waals surface area contributed by atoms with Gasteiger partial charge in [-0.25, -0.2) is 4.68 Å². The van der Waals surface area contributed by atoms with Crippen molar-refractivity contribution in [3.63, 3.8) is 0 Å². The molecule has 6 nitrogen and oxygen atoms in total. The molecule has 1 aromatic carbocycles. The summed E-state index contributed by atoms with van der Waals surface area (Å²) in [5, 5.41) is 4.67. The minimum Gasteiger partial charge on any atom is -0.339 e. The molecule has 2 aliphatic rings. The van der Waals surface area contributed by atoms with Crippen LogP contribution in [0.15, 0.2) is 30.3 Å². The van der Waals surface area contributed by atoms with Gasteiger partial charge in [0.2, 0.25) is 11.8 Å². The summed E-state index contributed by atoms with van der Waals surface area (Å²) in [4.78, 5) is 28.7. The molecule has 0 bridgehead atoms. The molecule has 2 aromatic rings. The summed E-state index contributed by atoms with van der Waals surface area (Å²) in [7, 11) is 0. The normalized spacial score (nSPS) is 17.1. The molecule has 1 aliphatic carbocycles. The highest BCUT2D eigenvalue weighted by molar-refractivity contribution is 5.82. The number of benzene rings is 1. The molecule has 28 heavy (non-hydrogen) atoms. The fraction of sp³-hybridized carbons (Fsp3) is 0.500. The fourth-order valence-corrected chi connectivity index (χ4v) is 4.01. The Hall–Kier alpha value is -2.63. The molecule has 148 valence electrons. The summed E-state index contributed by atoms with van der Waals surface area (Å²) in [5.74, 6) is 0.714. The molecule has 0 N–H and O–H groups in total. The third-order valence-corrected chi connectivity index (χ3v) is 5.90. The summed E-state index contributed by atoms with van der Waals surface area (Å²) in [6.45, 7) is 6.72. The van der Waals surface area contributed by atoms with Gasteiger partial charge in [0, 0.05) is 44.2 Å². The topological polar surface area (TPSA) is 58.4 Å². The summed E-state index contributed by atoms with van der Waals surface area (Å²) >= 11 is 0. The monoisotopic (exact) mass is 380 g/mol. The minimum atomic E-state index is 0.171. The van der Waals surface area contributed by atoms with E-state index in [1.54, 1.807) is 0 Å². The van der Waals surface area contributed by atoms with Gasteiger partial charge in [0.25, 0.3) is 0 Å². The van der Waals surface area contributed by atoms with Crippen molar-refractivity contribution in [1.29, 1.82) is 0 Å². The Balaban J connectivity index is 1.34. The predicted octanol–water partition coefficient (Wildman–Crippen LogP) is 2.50. The molecule has 2 fully saturated rings. The highest BCUT2D eigenvalue weighted by Crippen LogP contribution is 2.31. The van der Waals surface area contributed by atoms with Crippen LogP contribution >= 0.6 is 0 Å². The number of nitrogens with zero attached hydrogens (tertiary/aromatic N) is 4. The lowest BCUT2D eigenvalue weighted by Gasteiger charge is -2.35. The number of piperazine rings is 1. The SMILES string of the molecule is Cc1nn(-c2ccccc2)c(C)c1CCC(=O)N1CCN(C(=O)C2CC2)CC1. The average molecular weight is 380 g/mol. The largest absolute Gasteiger partial charge is 0.339 e. The van der Waals surface area contributed by atoms with E-state index in [2.05, 4.69) is 12.0 Å². The number of aryl methyl sites for hydroxylation is 1. The standard InChI is InChI=1S/C22H28N4O2/c1-16-20(17(2)26(23-16)19-6-4-3-5-7-19)10-11-21(27)24-12-14-25(15-13-24)22(28)18-8-9-18/h3-7,18H,8-15H2,1-2H3. The van der Waals surface area contributed by atoms with E-state index in [1.807, 2.05) is 51.7 Å². The van der Waals surface area contributed by atoms with Gasteiger partial charge in [0.15, 0.2) is 0 Å². The molecule has 1 saturated heterocycles. The van der Waals surface area contributed by atoms with Gasteiger partial charge >= 0.3 is 0 Å². The van der Waals surface area contributed by atoms with Crippen LogP contribution < -0.4 is 0 Å². The lowest BCUT2D eigenvalue weighted by Crippen LogP contribution is -2.51. The first-order valence-corrected chi connectivity index (χ1v) is 10.2. The average Bonchev–Trinajstić information content (AvgIpc) is 3.53. The third-order valence-electron chi connectivity index (χ3n) is 5.90. The lowest BCUT2D eigenvalue weighted by molar-refractivity contribution is -0.140. The summed E-state index contributed by atoms with van der Waals surface area (Å²) in [6.07, 6.45) is 3.25. The van der Waals surface area contributed by atoms with Gasteiger partial charge in [-0.3, -0.25) is 9.59 Å². The van der Waals surface area contributed by atoms with Gasteiger partial charge in [0.1, 0.15) is 0 Å². The van der Waals surface area contributed by atoms with Crippen LogP contribution in [0.3, 0.4) is 0 Å². The number of carbonyl (C=O) groups is 2. The van der Waals surface area contributed by atoms with E-state index in [0.29, 0.717) is 39.0 Å². The van der Waals surface area contributed by atoms with Crippen LogP contribution in [0.5, 0.6) is 0 Å². The Labute approximate surface area is 166 Å². The first-order chi connectivity index (χ1) is 13.5. The minimum absolute atomic E-state index is 0.171. The van der Waals surface area contributed by atoms with Crippen LogP contribution in [0.4, 0.5) is 0 Å². The van der Waals surface area contributed by atoms with Crippen molar-refractivity contribution in [1.82, 2.24) is 19.6 Å². The Kier molecular flexibility index (Phi) is 5.20. The van der Waals surface area contributed by atoms with E-state index in [9.17, 15) is 9.59 Å². The van der Waals surface area contributed by atoms with Crippen molar-refractivity contribution < 1.29 is 9.59 Å². The van der Waals surface area contributed by atoms with E-state index in [1.165, 1.54) is 0 Å². The molecule has 4 rings (SSSR count). The smallest absolute Gasteiger partial charge is 0.225 e. The Morgan fingerprint density at radius 1 is 1.00 bits per heavy atom. The van der Waals surface area contributed by atoms with Crippen molar-refractivity contribution in [2.24, 2.45) is 5.92 Å². The highest BCUT2D eigenvalue weighted by Gasteiger charge is 2.35. The Bertz CT molecular complexity index is 862. The highest BCUT2D eigenvalue weighted by atomic mass is 16.2. The van der Waals surface area contributed by atoms with Crippen molar-refractivity contribution >= 4 is 11.8 Å². The molecule has 2 amide bonds. The number of aromatic nitrogens is 2. The lowest BCUT2D eigenvalue weighted by atomic mass is 10.1. The summed E-state index contributed by atoms with van der Waals surface area (Å²) in [5.41, 5.74) is 4.27. The van der Waals surface area contributed by atoms with Crippen LogP contribution in [0.25, 0.3) is 5.69 Å². The van der Waals surface area contributed by atoms with Crippen LogP contribution in [-0.4, -0.2) is 57.6 Å². The molecule has 0 radical (unpaired) electrons. The molecule has 2 heterocycles. The zero-order valence-corrected chi connectivity index (χ0v) is 16.7. The van der Waals surface area contributed by atoms with Crippen molar-refractivity contribution in [3.05, 3.63) is 47.3 Å². The summed E-state index contributed by atoms with van der Waals surface area (Å²) in [6, 6.07) is 10.1. The van der Waals surface area contributed by atoms with Gasteiger partial charge in [-0.15, -0.1) is 0 Å². The van der Waals surface area contributed by atoms with Crippen molar-refractivity contribution in [3.8, 4) is 5.69 Å². The molecule has 0 unspecified atom stereocenters. The molecule has 1 aromatic heterocycles. The zero-order valence-electron chi connectivity index (χ0n) is 16.7. The number of amides is 2. The number of para-hydroxylation sites is 1. The predicted molar refractivity (Wildman–Crippen MR) is 107 cm³/mol. The molecule has 1 saturated carbocycles. The van der Waals surface area contributed by atoms with E-state index in [4.69, 9.17) is 0 Å². The fourth-order valence-electron chi connectivity index (χ4n) is 4.01. The quantitative estimate of drug-likeness (QED) is 0.801. The number of hydrogen-bond donors (Lipinski definition) is 0. The molecular formula is C22H28N4O2. The number of rotatable bonds is 5. The van der Waals surface area contributed by atoms with E-state index in [-0.39, 0.29) is 17.7 Å². The van der Waals surface area contributed by atoms with E-state index < -0.39 is 0 Å². The first-order valence-electron chi connectivity index (χ1n) is 10.2. The van der Waals surface area contributed by atoms with Crippen LogP contribution in [-0.2, 0) is 16.0 Å².